The van der Waals surface area contributed by atoms with Crippen molar-refractivity contribution in [1.29, 1.82) is 0 Å². The number of hydrogen-bond acceptors (Lipinski definition) is 3. The van der Waals surface area contributed by atoms with Gasteiger partial charge in [0.2, 0.25) is 0 Å². The number of ether oxygens (including phenoxy) is 1. The molecule has 4 heteroatoms. The number of hydrogen-bond donors (Lipinski definition) is 2. The van der Waals surface area contributed by atoms with Crippen molar-refractivity contribution in [1.82, 2.24) is 0 Å². The molecule has 0 aliphatic rings. The fourth-order valence-corrected chi connectivity index (χ4v) is 1.80. The van der Waals surface area contributed by atoms with Gasteiger partial charge >= 0.3 is 5.97 Å². The molecule has 4 nitrogen and oxygen atoms in total. The van der Waals surface area contributed by atoms with Gasteiger partial charge in [0, 0.05) is 5.69 Å². The Kier molecular flexibility index (Phi) is 4.05. The maximum Gasteiger partial charge on any atom is 0.336 e. The van der Waals surface area contributed by atoms with E-state index in [0.29, 0.717) is 11.3 Å². The summed E-state index contributed by atoms with van der Waals surface area (Å²) in [5.74, 6) is -0.253. The van der Waals surface area contributed by atoms with Crippen LogP contribution in [0.2, 0.25) is 0 Å². The molecule has 20 heavy (non-hydrogen) atoms. The Balaban J connectivity index is 2.39. The highest BCUT2D eigenvalue weighted by Gasteiger charge is 2.10. The Bertz CT molecular complexity index is 628. The van der Waals surface area contributed by atoms with Crippen LogP contribution in [-0.4, -0.2) is 18.2 Å². The first-order valence-electron chi connectivity index (χ1n) is 6.05. The SMILES string of the molecule is COc1ccc(/C=C(\C(=O)O)c2ccc(N)cc2)cc1. The van der Waals surface area contributed by atoms with Gasteiger partial charge in [-0.05, 0) is 41.5 Å². The van der Waals surface area contributed by atoms with Crippen LogP contribution in [0.25, 0.3) is 11.6 Å². The van der Waals surface area contributed by atoms with Crippen LogP contribution in [0.3, 0.4) is 0 Å². The minimum Gasteiger partial charge on any atom is -0.497 e. The Labute approximate surface area is 117 Å². The molecule has 2 aromatic carbocycles. The topological polar surface area (TPSA) is 72.5 Å². The molecule has 0 fully saturated rings. The molecule has 0 saturated heterocycles. The second-order valence-corrected chi connectivity index (χ2v) is 4.26. The highest BCUT2D eigenvalue weighted by atomic mass is 16.5. The third kappa shape index (κ3) is 3.17. The van der Waals surface area contributed by atoms with Crippen LogP contribution in [0.4, 0.5) is 5.69 Å². The lowest BCUT2D eigenvalue weighted by molar-refractivity contribution is -0.130. The standard InChI is InChI=1S/C16H15NO3/c1-20-14-8-2-11(3-9-14)10-15(16(18)19)12-4-6-13(17)7-5-12/h2-10H,17H2,1H3,(H,18,19)/b15-10-. The van der Waals surface area contributed by atoms with E-state index in [0.717, 1.165) is 11.3 Å². The number of benzene rings is 2. The molecule has 0 unspecified atom stereocenters. The van der Waals surface area contributed by atoms with Crippen molar-refractivity contribution in [2.75, 3.05) is 12.8 Å². The van der Waals surface area contributed by atoms with E-state index in [1.165, 1.54) is 0 Å². The van der Waals surface area contributed by atoms with Gasteiger partial charge in [0.25, 0.3) is 0 Å². The monoisotopic (exact) mass is 269 g/mol. The molecule has 0 aliphatic heterocycles. The van der Waals surface area contributed by atoms with Crippen molar-refractivity contribution in [2.45, 2.75) is 0 Å². The summed E-state index contributed by atoms with van der Waals surface area (Å²) in [6.45, 7) is 0. The minimum atomic E-state index is -0.981. The van der Waals surface area contributed by atoms with Crippen LogP contribution in [0.15, 0.2) is 48.5 Å². The Hall–Kier alpha value is -2.75. The van der Waals surface area contributed by atoms with Crippen LogP contribution >= 0.6 is 0 Å². The summed E-state index contributed by atoms with van der Waals surface area (Å²) in [6, 6.07) is 13.9. The lowest BCUT2D eigenvalue weighted by Crippen LogP contribution is -2.00. The van der Waals surface area contributed by atoms with E-state index >= 15 is 0 Å². The summed E-state index contributed by atoms with van der Waals surface area (Å²) >= 11 is 0. The fraction of sp³-hybridized carbons (Fsp3) is 0.0625. The number of carbonyl (C=O) groups is 1. The normalized spacial score (nSPS) is 11.2. The van der Waals surface area contributed by atoms with Gasteiger partial charge in [-0.1, -0.05) is 24.3 Å². The van der Waals surface area contributed by atoms with Gasteiger partial charge < -0.3 is 15.6 Å². The minimum absolute atomic E-state index is 0.218. The van der Waals surface area contributed by atoms with Crippen LogP contribution in [0.5, 0.6) is 5.75 Å². The molecular weight excluding hydrogens is 254 g/mol. The fourth-order valence-electron chi connectivity index (χ4n) is 1.80. The lowest BCUT2D eigenvalue weighted by Gasteiger charge is -2.04. The van der Waals surface area contributed by atoms with Gasteiger partial charge in [-0.2, -0.15) is 0 Å². The molecule has 0 bridgehead atoms. The average Bonchev–Trinajstić information content (AvgIpc) is 2.46. The molecule has 0 aliphatic carbocycles. The molecule has 0 atom stereocenters. The van der Waals surface area contributed by atoms with E-state index in [-0.39, 0.29) is 5.57 Å². The van der Waals surface area contributed by atoms with E-state index in [1.54, 1.807) is 61.7 Å². The molecule has 0 amide bonds. The first-order valence-corrected chi connectivity index (χ1v) is 6.05. The predicted molar refractivity (Wildman–Crippen MR) is 79.4 cm³/mol. The lowest BCUT2D eigenvalue weighted by atomic mass is 10.0. The van der Waals surface area contributed by atoms with Crippen molar-refractivity contribution < 1.29 is 14.6 Å². The maximum atomic E-state index is 11.4. The Morgan fingerprint density at radius 2 is 1.70 bits per heavy atom. The average molecular weight is 269 g/mol. The third-order valence-electron chi connectivity index (χ3n) is 2.88. The summed E-state index contributed by atoms with van der Waals surface area (Å²) in [5.41, 5.74) is 7.83. The number of nitrogen functional groups attached to an aromatic ring is 1. The van der Waals surface area contributed by atoms with Crippen molar-refractivity contribution in [3.63, 3.8) is 0 Å². The van der Waals surface area contributed by atoms with Crippen molar-refractivity contribution in [3.05, 3.63) is 59.7 Å². The second kappa shape index (κ2) is 5.93. The first-order chi connectivity index (χ1) is 9.60. The molecule has 2 rings (SSSR count). The predicted octanol–water partition coefficient (Wildman–Crippen LogP) is 2.90. The van der Waals surface area contributed by atoms with Gasteiger partial charge in [0.1, 0.15) is 5.75 Å². The molecule has 2 aromatic rings. The van der Waals surface area contributed by atoms with Gasteiger partial charge in [0.15, 0.2) is 0 Å². The van der Waals surface area contributed by atoms with Gasteiger partial charge in [-0.25, -0.2) is 4.79 Å². The summed E-state index contributed by atoms with van der Waals surface area (Å²) in [6.07, 6.45) is 1.62. The van der Waals surface area contributed by atoms with Gasteiger partial charge in [0.05, 0.1) is 12.7 Å². The highest BCUT2D eigenvalue weighted by molar-refractivity contribution is 6.20. The molecule has 0 radical (unpaired) electrons. The van der Waals surface area contributed by atoms with Crippen molar-refractivity contribution >= 4 is 23.3 Å². The van der Waals surface area contributed by atoms with Crippen LogP contribution in [0.1, 0.15) is 11.1 Å². The van der Waals surface area contributed by atoms with Gasteiger partial charge in [-0.15, -0.1) is 0 Å². The molecule has 0 aromatic heterocycles. The molecule has 102 valence electrons. The van der Waals surface area contributed by atoms with Crippen molar-refractivity contribution in [3.8, 4) is 5.75 Å². The zero-order chi connectivity index (χ0) is 14.5. The summed E-state index contributed by atoms with van der Waals surface area (Å²) in [7, 11) is 1.59. The van der Waals surface area contributed by atoms with Crippen LogP contribution in [0, 0.1) is 0 Å². The largest absolute Gasteiger partial charge is 0.497 e. The van der Waals surface area contributed by atoms with Crippen LogP contribution in [-0.2, 0) is 4.79 Å². The number of aliphatic carboxylic acids is 1. The number of carboxylic acid groups (broad SMARTS) is 1. The van der Waals surface area contributed by atoms with E-state index in [2.05, 4.69) is 0 Å². The van der Waals surface area contributed by atoms with E-state index in [4.69, 9.17) is 10.5 Å². The number of nitrogens with two attached hydrogens (primary N) is 1. The third-order valence-corrected chi connectivity index (χ3v) is 2.88. The Morgan fingerprint density at radius 3 is 2.20 bits per heavy atom. The second-order valence-electron chi connectivity index (χ2n) is 4.26. The van der Waals surface area contributed by atoms with E-state index < -0.39 is 5.97 Å². The van der Waals surface area contributed by atoms with Gasteiger partial charge in [-0.3, -0.25) is 0 Å². The molecule has 3 N–H and O–H groups in total. The molecule has 0 spiro atoms. The van der Waals surface area contributed by atoms with E-state index in [9.17, 15) is 9.90 Å². The number of carboxylic acids is 1. The Morgan fingerprint density at radius 1 is 1.10 bits per heavy atom. The quantitative estimate of drug-likeness (QED) is 0.508. The van der Waals surface area contributed by atoms with Crippen LogP contribution < -0.4 is 10.5 Å². The smallest absolute Gasteiger partial charge is 0.336 e. The summed E-state index contributed by atoms with van der Waals surface area (Å²) < 4.78 is 5.07. The molecule has 0 heterocycles. The summed E-state index contributed by atoms with van der Waals surface area (Å²) in [5, 5.41) is 9.33. The van der Waals surface area contributed by atoms with E-state index in [1.807, 2.05) is 0 Å². The number of rotatable bonds is 4. The number of methoxy groups -OCH3 is 1. The number of anilines is 1. The van der Waals surface area contributed by atoms with Crippen molar-refractivity contribution in [2.24, 2.45) is 0 Å². The highest BCUT2D eigenvalue weighted by Crippen LogP contribution is 2.21. The molecule has 0 saturated carbocycles. The summed E-state index contributed by atoms with van der Waals surface area (Å²) in [4.78, 5) is 11.4. The zero-order valence-electron chi connectivity index (χ0n) is 11.0. The maximum absolute atomic E-state index is 11.4. The molecular formula is C16H15NO3. The first kappa shape index (κ1) is 13.7. The zero-order valence-corrected chi connectivity index (χ0v) is 11.0.